The zero-order valence-corrected chi connectivity index (χ0v) is 8.55. The fourth-order valence-corrected chi connectivity index (χ4v) is 1.73. The van der Waals surface area contributed by atoms with Gasteiger partial charge in [0.1, 0.15) is 0 Å². The molecule has 1 aromatic rings. The summed E-state index contributed by atoms with van der Waals surface area (Å²) in [6.07, 6.45) is 5.66. The first kappa shape index (κ1) is 9.74. The highest BCUT2D eigenvalue weighted by atomic mass is 14.9. The van der Waals surface area contributed by atoms with Gasteiger partial charge in [-0.1, -0.05) is 0 Å². The molecule has 0 amide bonds. The highest BCUT2D eigenvalue weighted by molar-refractivity contribution is 5.04. The van der Waals surface area contributed by atoms with Crippen molar-refractivity contribution in [2.45, 2.75) is 19.3 Å². The van der Waals surface area contributed by atoms with Crippen molar-refractivity contribution in [3.63, 3.8) is 0 Å². The van der Waals surface area contributed by atoms with E-state index < -0.39 is 0 Å². The van der Waals surface area contributed by atoms with Gasteiger partial charge in [-0.05, 0) is 43.4 Å². The summed E-state index contributed by atoms with van der Waals surface area (Å²) in [5.41, 5.74) is 7.45. The predicted molar refractivity (Wildman–Crippen MR) is 58.1 cm³/mol. The average Bonchev–Trinajstić information content (AvgIpc) is 2.81. The Kier molecular flexibility index (Phi) is 2.89. The molecule has 1 aromatic heterocycles. The molecule has 0 saturated heterocycles. The highest BCUT2D eigenvalue weighted by Gasteiger charge is 2.40. The molecular weight excluding hydrogens is 174 g/mol. The van der Waals surface area contributed by atoms with Gasteiger partial charge in [0.25, 0.3) is 0 Å². The molecule has 1 saturated carbocycles. The third-order valence-electron chi connectivity index (χ3n) is 3.12. The number of rotatable bonds is 6. The lowest BCUT2D eigenvalue weighted by molar-refractivity contribution is 0.470. The van der Waals surface area contributed by atoms with E-state index in [0.717, 1.165) is 26.1 Å². The lowest BCUT2D eigenvalue weighted by Gasteiger charge is -2.12. The molecule has 3 nitrogen and oxygen atoms in total. The van der Waals surface area contributed by atoms with Crippen molar-refractivity contribution in [1.82, 2.24) is 10.3 Å². The number of nitrogens with two attached hydrogens (primary N) is 1. The van der Waals surface area contributed by atoms with E-state index in [4.69, 9.17) is 5.73 Å². The Morgan fingerprint density at radius 1 is 1.50 bits per heavy atom. The van der Waals surface area contributed by atoms with E-state index in [2.05, 4.69) is 16.4 Å². The van der Waals surface area contributed by atoms with E-state index in [0.29, 0.717) is 5.41 Å². The topological polar surface area (TPSA) is 53.8 Å². The zero-order chi connectivity index (χ0) is 9.86. The van der Waals surface area contributed by atoms with Gasteiger partial charge < -0.3 is 16.0 Å². The van der Waals surface area contributed by atoms with E-state index in [1.807, 2.05) is 12.3 Å². The fourth-order valence-electron chi connectivity index (χ4n) is 1.73. The van der Waals surface area contributed by atoms with Crippen LogP contribution in [0.4, 0.5) is 0 Å². The Hall–Kier alpha value is -0.800. The third-order valence-corrected chi connectivity index (χ3v) is 3.12. The molecule has 0 bridgehead atoms. The molecular formula is C11H19N3. The first-order valence-electron chi connectivity index (χ1n) is 5.38. The number of H-pyrrole nitrogens is 1. The van der Waals surface area contributed by atoms with Crippen LogP contribution in [-0.2, 0) is 6.42 Å². The van der Waals surface area contributed by atoms with Crippen LogP contribution in [0.1, 0.15) is 18.5 Å². The van der Waals surface area contributed by atoms with Crippen LogP contribution in [0.15, 0.2) is 18.3 Å². The fraction of sp³-hybridized carbons (Fsp3) is 0.636. The van der Waals surface area contributed by atoms with Crippen LogP contribution in [0.3, 0.4) is 0 Å². The van der Waals surface area contributed by atoms with Crippen molar-refractivity contribution in [3.8, 4) is 0 Å². The molecule has 1 aliphatic carbocycles. The second kappa shape index (κ2) is 4.15. The van der Waals surface area contributed by atoms with Gasteiger partial charge >= 0.3 is 0 Å². The quantitative estimate of drug-likeness (QED) is 0.588. The van der Waals surface area contributed by atoms with E-state index in [-0.39, 0.29) is 0 Å². The monoisotopic (exact) mass is 193 g/mol. The van der Waals surface area contributed by atoms with Crippen molar-refractivity contribution in [2.75, 3.05) is 19.6 Å². The van der Waals surface area contributed by atoms with Crippen molar-refractivity contribution in [2.24, 2.45) is 11.1 Å². The summed E-state index contributed by atoms with van der Waals surface area (Å²) in [7, 11) is 0. The summed E-state index contributed by atoms with van der Waals surface area (Å²) in [6, 6.07) is 4.16. The van der Waals surface area contributed by atoms with Gasteiger partial charge in [-0.15, -0.1) is 0 Å². The third kappa shape index (κ3) is 2.36. The zero-order valence-electron chi connectivity index (χ0n) is 8.55. The molecule has 0 aliphatic heterocycles. The maximum absolute atomic E-state index is 5.70. The lowest BCUT2D eigenvalue weighted by Crippen LogP contribution is -2.30. The van der Waals surface area contributed by atoms with E-state index in [1.54, 1.807) is 0 Å². The standard InChI is InChI=1S/C11H19N3/c12-8-11(4-5-11)9-13-7-3-10-2-1-6-14-10/h1-2,6,13-14H,3-5,7-9,12H2. The van der Waals surface area contributed by atoms with Gasteiger partial charge in [0, 0.05) is 25.0 Å². The summed E-state index contributed by atoms with van der Waals surface area (Å²) in [4.78, 5) is 3.20. The second-order valence-corrected chi connectivity index (χ2v) is 4.33. The molecule has 78 valence electrons. The number of nitrogens with one attached hydrogen (secondary N) is 2. The first-order chi connectivity index (χ1) is 6.85. The molecule has 4 N–H and O–H groups in total. The van der Waals surface area contributed by atoms with E-state index in [9.17, 15) is 0 Å². The minimum atomic E-state index is 0.454. The van der Waals surface area contributed by atoms with Crippen LogP contribution in [0.2, 0.25) is 0 Å². The summed E-state index contributed by atoms with van der Waals surface area (Å²) in [5, 5.41) is 3.48. The summed E-state index contributed by atoms with van der Waals surface area (Å²) in [5.74, 6) is 0. The molecule has 2 rings (SSSR count). The van der Waals surface area contributed by atoms with Crippen LogP contribution in [-0.4, -0.2) is 24.6 Å². The van der Waals surface area contributed by atoms with E-state index in [1.165, 1.54) is 18.5 Å². The van der Waals surface area contributed by atoms with Crippen LogP contribution in [0.5, 0.6) is 0 Å². The highest BCUT2D eigenvalue weighted by Crippen LogP contribution is 2.43. The van der Waals surface area contributed by atoms with Crippen LogP contribution in [0, 0.1) is 5.41 Å². The Labute approximate surface area is 85.1 Å². The van der Waals surface area contributed by atoms with Gasteiger partial charge in [-0.2, -0.15) is 0 Å². The van der Waals surface area contributed by atoms with Crippen LogP contribution < -0.4 is 11.1 Å². The minimum Gasteiger partial charge on any atom is -0.365 e. The van der Waals surface area contributed by atoms with Crippen molar-refractivity contribution in [1.29, 1.82) is 0 Å². The molecule has 1 aliphatic rings. The van der Waals surface area contributed by atoms with Crippen LogP contribution in [0.25, 0.3) is 0 Å². The summed E-state index contributed by atoms with van der Waals surface area (Å²) >= 11 is 0. The number of hydrogen-bond donors (Lipinski definition) is 3. The Balaban J connectivity index is 1.60. The van der Waals surface area contributed by atoms with Crippen molar-refractivity contribution < 1.29 is 0 Å². The Morgan fingerprint density at radius 3 is 2.93 bits per heavy atom. The maximum Gasteiger partial charge on any atom is 0.0159 e. The molecule has 0 unspecified atom stereocenters. The van der Waals surface area contributed by atoms with Gasteiger partial charge in [0.05, 0.1) is 0 Å². The minimum absolute atomic E-state index is 0.454. The Morgan fingerprint density at radius 2 is 2.36 bits per heavy atom. The molecule has 1 heterocycles. The van der Waals surface area contributed by atoms with Gasteiger partial charge in [0.2, 0.25) is 0 Å². The Bertz CT molecular complexity index is 262. The molecule has 3 heteroatoms. The first-order valence-corrected chi connectivity index (χ1v) is 5.38. The predicted octanol–water partition coefficient (Wildman–Crippen LogP) is 0.886. The summed E-state index contributed by atoms with van der Waals surface area (Å²) in [6.45, 7) is 2.97. The van der Waals surface area contributed by atoms with Crippen molar-refractivity contribution >= 4 is 0 Å². The smallest absolute Gasteiger partial charge is 0.0159 e. The maximum atomic E-state index is 5.70. The SMILES string of the molecule is NCC1(CNCCc2ccc[nH]2)CC1. The molecule has 0 aromatic carbocycles. The largest absolute Gasteiger partial charge is 0.365 e. The molecule has 0 atom stereocenters. The van der Waals surface area contributed by atoms with Gasteiger partial charge in [-0.3, -0.25) is 0 Å². The van der Waals surface area contributed by atoms with Crippen LogP contribution >= 0.6 is 0 Å². The van der Waals surface area contributed by atoms with E-state index >= 15 is 0 Å². The number of aromatic amines is 1. The molecule has 14 heavy (non-hydrogen) atoms. The van der Waals surface area contributed by atoms with Gasteiger partial charge in [0.15, 0.2) is 0 Å². The average molecular weight is 193 g/mol. The lowest BCUT2D eigenvalue weighted by atomic mass is 10.1. The molecule has 0 spiro atoms. The van der Waals surface area contributed by atoms with Crippen molar-refractivity contribution in [3.05, 3.63) is 24.0 Å². The molecule has 1 fully saturated rings. The molecule has 0 radical (unpaired) electrons. The second-order valence-electron chi connectivity index (χ2n) is 4.33. The normalized spacial score (nSPS) is 18.4. The number of aromatic nitrogens is 1. The van der Waals surface area contributed by atoms with Gasteiger partial charge in [-0.25, -0.2) is 0 Å². The number of hydrogen-bond acceptors (Lipinski definition) is 2. The summed E-state index contributed by atoms with van der Waals surface area (Å²) < 4.78 is 0.